The van der Waals surface area contributed by atoms with Crippen LogP contribution < -0.4 is 5.73 Å². The average Bonchev–Trinajstić information content (AvgIpc) is 2.68. The second-order valence-corrected chi connectivity index (χ2v) is 6.49. The summed E-state index contributed by atoms with van der Waals surface area (Å²) in [7, 11) is 1.76. The molecule has 110 valence electrons. The van der Waals surface area contributed by atoms with E-state index in [0.29, 0.717) is 12.5 Å². The van der Waals surface area contributed by atoms with Gasteiger partial charge in [0.05, 0.1) is 12.1 Å². The summed E-state index contributed by atoms with van der Waals surface area (Å²) in [5.74, 6) is 0.295. The molecular formula is C19H23NO. The fraction of sp³-hybridized carbons (Fsp3) is 0.368. The first-order chi connectivity index (χ1) is 10.0. The van der Waals surface area contributed by atoms with Crippen LogP contribution in [0.25, 0.3) is 0 Å². The molecule has 1 aliphatic carbocycles. The highest BCUT2D eigenvalue weighted by Crippen LogP contribution is 2.58. The molecule has 0 saturated heterocycles. The highest BCUT2D eigenvalue weighted by Gasteiger charge is 2.56. The molecule has 2 nitrogen and oxygen atoms in total. The van der Waals surface area contributed by atoms with Crippen LogP contribution in [0, 0.1) is 5.41 Å². The van der Waals surface area contributed by atoms with Gasteiger partial charge >= 0.3 is 0 Å². The van der Waals surface area contributed by atoms with Gasteiger partial charge in [-0.2, -0.15) is 0 Å². The first kappa shape index (κ1) is 14.3. The summed E-state index contributed by atoms with van der Waals surface area (Å²) in [6.45, 7) is 5.20. The molecule has 0 amide bonds. The number of nitrogens with two attached hydrogens (primary N) is 1. The van der Waals surface area contributed by atoms with Crippen molar-refractivity contribution in [3.05, 3.63) is 71.3 Å². The van der Waals surface area contributed by atoms with Gasteiger partial charge in [-0.3, -0.25) is 0 Å². The Morgan fingerprint density at radius 3 is 2.29 bits per heavy atom. The highest BCUT2D eigenvalue weighted by molar-refractivity contribution is 5.52. The number of fused-ring (bicyclic) bond motifs is 1. The lowest BCUT2D eigenvalue weighted by molar-refractivity contribution is 0.0998. The van der Waals surface area contributed by atoms with E-state index in [0.717, 1.165) is 0 Å². The number of hydrogen-bond donors (Lipinski definition) is 1. The third-order valence-corrected chi connectivity index (χ3v) is 5.21. The first-order valence-electron chi connectivity index (χ1n) is 7.46. The zero-order valence-corrected chi connectivity index (χ0v) is 13.0. The smallest absolute Gasteiger partial charge is 0.0726 e. The fourth-order valence-electron chi connectivity index (χ4n) is 3.86. The van der Waals surface area contributed by atoms with Crippen LogP contribution in [0.2, 0.25) is 0 Å². The summed E-state index contributed by atoms with van der Waals surface area (Å²) in [6, 6.07) is 19.0. The van der Waals surface area contributed by atoms with E-state index >= 15 is 0 Å². The molecular weight excluding hydrogens is 258 g/mol. The predicted octanol–water partition coefficient (Wildman–Crippen LogP) is 3.66. The number of hydrogen-bond acceptors (Lipinski definition) is 2. The maximum atomic E-state index is 7.03. The summed E-state index contributed by atoms with van der Waals surface area (Å²) in [6.07, 6.45) is 0. The van der Waals surface area contributed by atoms with Crippen LogP contribution in [0.3, 0.4) is 0 Å². The normalized spacial score (nSPS) is 26.6. The van der Waals surface area contributed by atoms with Crippen molar-refractivity contribution in [2.45, 2.75) is 25.3 Å². The van der Waals surface area contributed by atoms with Crippen LogP contribution in [0.15, 0.2) is 54.6 Å². The van der Waals surface area contributed by atoms with E-state index in [-0.39, 0.29) is 5.41 Å². The lowest BCUT2D eigenvalue weighted by atomic mass is 9.66. The maximum Gasteiger partial charge on any atom is 0.0726 e. The Morgan fingerprint density at radius 1 is 1.00 bits per heavy atom. The van der Waals surface area contributed by atoms with E-state index < -0.39 is 5.54 Å². The van der Waals surface area contributed by atoms with Gasteiger partial charge in [0, 0.05) is 18.4 Å². The summed E-state index contributed by atoms with van der Waals surface area (Å²) in [5.41, 5.74) is 10.1. The summed E-state index contributed by atoms with van der Waals surface area (Å²) >= 11 is 0. The van der Waals surface area contributed by atoms with Crippen LogP contribution in [0.5, 0.6) is 0 Å². The van der Waals surface area contributed by atoms with E-state index in [9.17, 15) is 0 Å². The minimum Gasteiger partial charge on any atom is -0.384 e. The molecule has 0 fully saturated rings. The van der Waals surface area contributed by atoms with Crippen LogP contribution in [0.1, 0.15) is 36.5 Å². The Bertz CT molecular complexity index is 635. The molecule has 0 aliphatic heterocycles. The Morgan fingerprint density at radius 2 is 1.62 bits per heavy atom. The molecule has 1 aliphatic rings. The van der Waals surface area contributed by atoms with Crippen LogP contribution in [-0.4, -0.2) is 13.7 Å². The molecule has 2 aromatic carbocycles. The molecule has 2 N–H and O–H groups in total. The van der Waals surface area contributed by atoms with E-state index in [2.05, 4.69) is 62.4 Å². The van der Waals surface area contributed by atoms with Gasteiger partial charge in [-0.25, -0.2) is 0 Å². The Balaban J connectivity index is 2.25. The van der Waals surface area contributed by atoms with E-state index in [1.807, 2.05) is 6.07 Å². The van der Waals surface area contributed by atoms with Crippen LogP contribution in [-0.2, 0) is 10.3 Å². The van der Waals surface area contributed by atoms with Gasteiger partial charge in [-0.1, -0.05) is 68.4 Å². The number of benzene rings is 2. The topological polar surface area (TPSA) is 35.2 Å². The zero-order valence-electron chi connectivity index (χ0n) is 13.0. The molecule has 3 rings (SSSR count). The minimum atomic E-state index is -0.492. The van der Waals surface area contributed by atoms with Crippen molar-refractivity contribution in [1.82, 2.24) is 0 Å². The lowest BCUT2D eigenvalue weighted by Gasteiger charge is -2.42. The van der Waals surface area contributed by atoms with Crippen molar-refractivity contribution in [3.8, 4) is 0 Å². The summed E-state index contributed by atoms with van der Waals surface area (Å²) in [4.78, 5) is 0. The number of rotatable bonds is 3. The van der Waals surface area contributed by atoms with Crippen LogP contribution in [0.4, 0.5) is 0 Å². The molecule has 21 heavy (non-hydrogen) atoms. The fourth-order valence-corrected chi connectivity index (χ4v) is 3.86. The van der Waals surface area contributed by atoms with Gasteiger partial charge in [0.15, 0.2) is 0 Å². The summed E-state index contributed by atoms with van der Waals surface area (Å²) < 4.78 is 5.49. The molecule has 2 atom stereocenters. The van der Waals surface area contributed by atoms with Gasteiger partial charge in [-0.15, -0.1) is 0 Å². The molecule has 0 spiro atoms. The van der Waals surface area contributed by atoms with E-state index in [4.69, 9.17) is 10.5 Å². The molecule has 0 bridgehead atoms. The van der Waals surface area contributed by atoms with Gasteiger partial charge in [0.1, 0.15) is 0 Å². The molecule has 2 aromatic rings. The molecule has 0 unspecified atom stereocenters. The van der Waals surface area contributed by atoms with Crippen molar-refractivity contribution in [3.63, 3.8) is 0 Å². The highest BCUT2D eigenvalue weighted by atomic mass is 16.5. The number of ether oxygens (including phenoxy) is 1. The first-order valence-corrected chi connectivity index (χ1v) is 7.46. The van der Waals surface area contributed by atoms with Crippen LogP contribution >= 0.6 is 0 Å². The third-order valence-electron chi connectivity index (χ3n) is 5.21. The van der Waals surface area contributed by atoms with Gasteiger partial charge in [0.2, 0.25) is 0 Å². The SMILES string of the molecule is COC[C@@H]1c2ccccc2[C@](N)(c2ccccc2)C1(C)C. The molecule has 0 radical (unpaired) electrons. The van der Waals surface area contributed by atoms with Crippen molar-refractivity contribution in [2.24, 2.45) is 11.1 Å². The predicted molar refractivity (Wildman–Crippen MR) is 86.2 cm³/mol. The largest absolute Gasteiger partial charge is 0.384 e. The summed E-state index contributed by atoms with van der Waals surface area (Å²) in [5, 5.41) is 0. The Labute approximate surface area is 126 Å². The molecule has 0 saturated carbocycles. The average molecular weight is 281 g/mol. The molecule has 2 heteroatoms. The monoisotopic (exact) mass is 281 g/mol. The van der Waals surface area contributed by atoms with Crippen molar-refractivity contribution < 1.29 is 4.74 Å². The van der Waals surface area contributed by atoms with Crippen molar-refractivity contribution in [1.29, 1.82) is 0 Å². The molecule has 0 aromatic heterocycles. The van der Waals surface area contributed by atoms with E-state index in [1.165, 1.54) is 16.7 Å². The second kappa shape index (κ2) is 4.97. The maximum absolute atomic E-state index is 7.03. The Hall–Kier alpha value is -1.64. The second-order valence-electron chi connectivity index (χ2n) is 6.49. The van der Waals surface area contributed by atoms with Gasteiger partial charge in [-0.05, 0) is 16.7 Å². The molecule has 0 heterocycles. The minimum absolute atomic E-state index is 0.117. The third kappa shape index (κ3) is 1.86. The lowest BCUT2D eigenvalue weighted by Crippen LogP contribution is -2.49. The van der Waals surface area contributed by atoms with Crippen molar-refractivity contribution >= 4 is 0 Å². The van der Waals surface area contributed by atoms with E-state index in [1.54, 1.807) is 7.11 Å². The standard InChI is InChI=1S/C19H23NO/c1-18(2)17(13-21-3)15-11-7-8-12-16(15)19(18,20)14-9-5-4-6-10-14/h4-12,17H,13,20H2,1-3H3/t17-,19-/m1/s1. The zero-order chi connectivity index (χ0) is 15.1. The van der Waals surface area contributed by atoms with Gasteiger partial charge < -0.3 is 10.5 Å². The Kier molecular flexibility index (Phi) is 3.39. The quantitative estimate of drug-likeness (QED) is 0.932. The van der Waals surface area contributed by atoms with Gasteiger partial charge in [0.25, 0.3) is 0 Å². The number of methoxy groups -OCH3 is 1. The van der Waals surface area contributed by atoms with Crippen molar-refractivity contribution in [2.75, 3.05) is 13.7 Å².